The first kappa shape index (κ1) is 27.4. The van der Waals surface area contributed by atoms with Gasteiger partial charge in [0, 0.05) is 25.9 Å². The average molecular weight is 567 g/mol. The number of nitrogens with one attached hydrogen (secondary N) is 1. The van der Waals surface area contributed by atoms with Crippen molar-refractivity contribution in [3.05, 3.63) is 46.2 Å². The van der Waals surface area contributed by atoms with E-state index in [9.17, 15) is 45.2 Å². The van der Waals surface area contributed by atoms with Crippen LogP contribution in [0, 0.1) is 11.3 Å². The fourth-order valence-corrected chi connectivity index (χ4v) is 4.01. The molecule has 0 saturated heterocycles. The van der Waals surface area contributed by atoms with E-state index in [1.54, 1.807) is 0 Å². The number of hydrogen-bond acceptors (Lipinski definition) is 4. The van der Waals surface area contributed by atoms with Crippen molar-refractivity contribution in [2.45, 2.75) is 36.7 Å². The third kappa shape index (κ3) is 4.57. The first-order chi connectivity index (χ1) is 17.4. The molecule has 202 valence electrons. The predicted octanol–water partition coefficient (Wildman–Crippen LogP) is 5.60. The molecule has 0 atom stereocenters. The normalized spacial score (nSPS) is 15.3. The summed E-state index contributed by atoms with van der Waals surface area (Å²) >= 11 is 6.12. The quantitative estimate of drug-likeness (QED) is 0.407. The van der Waals surface area contributed by atoms with Crippen LogP contribution >= 0.6 is 11.6 Å². The van der Waals surface area contributed by atoms with Gasteiger partial charge in [0.25, 0.3) is 5.91 Å². The number of carbonyl (C=O) groups is 1. The summed E-state index contributed by atoms with van der Waals surface area (Å²) in [5, 5.41) is 14.6. The third-order valence-corrected chi connectivity index (χ3v) is 6.22. The lowest BCUT2D eigenvalue weighted by atomic mass is 10.1. The van der Waals surface area contributed by atoms with Crippen molar-refractivity contribution in [1.29, 1.82) is 5.26 Å². The summed E-state index contributed by atoms with van der Waals surface area (Å²) in [6.07, 6.45) is -10.1. The number of nitriles is 1. The Balaban J connectivity index is 1.82. The molecule has 4 rings (SSSR count). The van der Waals surface area contributed by atoms with Crippen LogP contribution in [0.2, 0.25) is 5.02 Å². The maximum atomic E-state index is 14.0. The van der Waals surface area contributed by atoms with E-state index in [1.807, 2.05) is 6.07 Å². The zero-order valence-electron chi connectivity index (χ0n) is 19.3. The van der Waals surface area contributed by atoms with Gasteiger partial charge in [-0.3, -0.25) is 9.48 Å². The Hall–Kier alpha value is -3.67. The maximum absolute atomic E-state index is 14.0. The SMILES string of the molecule is Cn1cc(-c2c(C(F)(F)F)c(C(F)(F)C(F)(F)F)nn2C)nc1-c1ccc(Cl)c(C(=O)NC2(C#N)CC2)c1. The van der Waals surface area contributed by atoms with Gasteiger partial charge < -0.3 is 9.88 Å². The molecule has 0 unspecified atom stereocenters. The third-order valence-electron chi connectivity index (χ3n) is 5.89. The molecule has 1 aromatic carbocycles. The van der Waals surface area contributed by atoms with Gasteiger partial charge in [-0.05, 0) is 31.0 Å². The molecule has 3 aromatic rings. The summed E-state index contributed by atoms with van der Waals surface area (Å²) in [6, 6.07) is 5.92. The van der Waals surface area contributed by atoms with Gasteiger partial charge in [-0.25, -0.2) is 4.98 Å². The van der Waals surface area contributed by atoms with Gasteiger partial charge in [0.1, 0.15) is 28.3 Å². The molecular weight excluding hydrogens is 552 g/mol. The molecule has 7 nitrogen and oxygen atoms in total. The largest absolute Gasteiger partial charge is 0.459 e. The van der Waals surface area contributed by atoms with Crippen LogP contribution in [-0.4, -0.2) is 37.0 Å². The van der Waals surface area contributed by atoms with Crippen molar-refractivity contribution in [3.8, 4) is 28.8 Å². The van der Waals surface area contributed by atoms with E-state index in [-0.39, 0.29) is 26.7 Å². The topological polar surface area (TPSA) is 88.5 Å². The zero-order chi connectivity index (χ0) is 28.4. The maximum Gasteiger partial charge on any atom is 0.459 e. The van der Waals surface area contributed by atoms with Crippen LogP contribution in [0.25, 0.3) is 22.8 Å². The van der Waals surface area contributed by atoms with E-state index < -0.39 is 52.4 Å². The van der Waals surface area contributed by atoms with E-state index >= 15 is 0 Å². The van der Waals surface area contributed by atoms with Crippen LogP contribution in [0.1, 0.15) is 34.5 Å². The molecule has 38 heavy (non-hydrogen) atoms. The Morgan fingerprint density at radius 2 is 1.76 bits per heavy atom. The number of aromatic nitrogens is 4. The van der Waals surface area contributed by atoms with Crippen LogP contribution in [-0.2, 0) is 26.2 Å². The number of hydrogen-bond donors (Lipinski definition) is 1. The Kier molecular flexibility index (Phi) is 6.26. The summed E-state index contributed by atoms with van der Waals surface area (Å²) in [5.74, 6) is -6.65. The lowest BCUT2D eigenvalue weighted by Crippen LogP contribution is -2.36. The summed E-state index contributed by atoms with van der Waals surface area (Å²) < 4.78 is 110. The molecule has 1 aliphatic carbocycles. The number of aryl methyl sites for hydroxylation is 2. The molecule has 1 aliphatic rings. The predicted molar refractivity (Wildman–Crippen MR) is 116 cm³/mol. The molecule has 1 amide bonds. The number of benzene rings is 1. The second-order valence-corrected chi connectivity index (χ2v) is 9.08. The minimum atomic E-state index is -6.33. The number of nitrogens with zero attached hydrogens (tertiary/aromatic N) is 5. The van der Waals surface area contributed by atoms with E-state index in [0.29, 0.717) is 12.8 Å². The highest BCUT2D eigenvalue weighted by Crippen LogP contribution is 2.50. The minimum Gasteiger partial charge on any atom is -0.334 e. The molecular formula is C22H15ClF8N6O. The Morgan fingerprint density at radius 3 is 2.29 bits per heavy atom. The van der Waals surface area contributed by atoms with Gasteiger partial charge in [0.15, 0.2) is 5.69 Å². The van der Waals surface area contributed by atoms with E-state index in [2.05, 4.69) is 15.4 Å². The molecule has 0 aliphatic heterocycles. The van der Waals surface area contributed by atoms with Crippen LogP contribution in [0.5, 0.6) is 0 Å². The van der Waals surface area contributed by atoms with Crippen molar-refractivity contribution >= 4 is 17.5 Å². The number of imidazole rings is 1. The van der Waals surface area contributed by atoms with Gasteiger partial charge in [0.2, 0.25) is 0 Å². The zero-order valence-corrected chi connectivity index (χ0v) is 20.0. The van der Waals surface area contributed by atoms with Gasteiger partial charge in [0.05, 0.1) is 16.7 Å². The lowest BCUT2D eigenvalue weighted by molar-refractivity contribution is -0.292. The highest BCUT2D eigenvalue weighted by Gasteiger charge is 2.64. The number of alkyl halides is 8. The van der Waals surface area contributed by atoms with Crippen molar-refractivity contribution in [2.75, 3.05) is 0 Å². The molecule has 0 bridgehead atoms. The lowest BCUT2D eigenvalue weighted by Gasteiger charge is -2.19. The smallest absolute Gasteiger partial charge is 0.334 e. The van der Waals surface area contributed by atoms with Gasteiger partial charge >= 0.3 is 18.3 Å². The summed E-state index contributed by atoms with van der Waals surface area (Å²) in [4.78, 5) is 16.7. The number of amides is 1. The fraction of sp³-hybridized carbons (Fsp3) is 0.364. The first-order valence-corrected chi connectivity index (χ1v) is 11.0. The van der Waals surface area contributed by atoms with Gasteiger partial charge in [-0.2, -0.15) is 45.5 Å². The molecule has 0 spiro atoms. The number of halogens is 9. The van der Waals surface area contributed by atoms with E-state index in [4.69, 9.17) is 11.6 Å². The standard InChI is InChI=1S/C22H15ClF8N6O/c1-36-8-13(15-14(21(26,27)28)16(35-37(15)2)20(24,25)22(29,30)31)33-17(36)10-3-4-12(23)11(7-10)18(38)34-19(9-32)5-6-19/h3-4,7-8H,5-6H2,1-2H3,(H,34,38). The van der Waals surface area contributed by atoms with Crippen molar-refractivity contribution < 1.29 is 39.9 Å². The molecule has 2 aromatic heterocycles. The van der Waals surface area contributed by atoms with Crippen LogP contribution < -0.4 is 5.32 Å². The molecule has 0 radical (unpaired) electrons. The van der Waals surface area contributed by atoms with Crippen molar-refractivity contribution in [3.63, 3.8) is 0 Å². The Bertz CT molecular complexity index is 1480. The molecule has 2 heterocycles. The van der Waals surface area contributed by atoms with Crippen molar-refractivity contribution in [2.24, 2.45) is 14.1 Å². The molecule has 1 N–H and O–H groups in total. The monoisotopic (exact) mass is 566 g/mol. The molecule has 16 heteroatoms. The Morgan fingerprint density at radius 1 is 1.13 bits per heavy atom. The average Bonchev–Trinajstić information content (AvgIpc) is 3.31. The van der Waals surface area contributed by atoms with E-state index in [1.165, 1.54) is 29.8 Å². The Labute approximate surface area is 213 Å². The van der Waals surface area contributed by atoms with Crippen molar-refractivity contribution in [1.82, 2.24) is 24.6 Å². The minimum absolute atomic E-state index is 0.000520. The summed E-state index contributed by atoms with van der Waals surface area (Å²) in [5.41, 5.74) is -7.43. The molecule has 1 saturated carbocycles. The second kappa shape index (κ2) is 8.69. The summed E-state index contributed by atoms with van der Waals surface area (Å²) in [7, 11) is 2.12. The second-order valence-electron chi connectivity index (χ2n) is 8.67. The highest BCUT2D eigenvalue weighted by molar-refractivity contribution is 6.34. The van der Waals surface area contributed by atoms with Gasteiger partial charge in [-0.1, -0.05) is 11.6 Å². The van der Waals surface area contributed by atoms with E-state index in [0.717, 1.165) is 13.2 Å². The van der Waals surface area contributed by atoms with Crippen LogP contribution in [0.4, 0.5) is 35.1 Å². The molecule has 1 fully saturated rings. The highest BCUT2D eigenvalue weighted by atomic mass is 35.5. The first-order valence-electron chi connectivity index (χ1n) is 10.6. The fourth-order valence-electron chi connectivity index (χ4n) is 3.80. The van der Waals surface area contributed by atoms with Crippen LogP contribution in [0.15, 0.2) is 24.4 Å². The number of rotatable bonds is 5. The van der Waals surface area contributed by atoms with Gasteiger partial charge in [-0.15, -0.1) is 0 Å². The summed E-state index contributed by atoms with van der Waals surface area (Å²) in [6.45, 7) is 0. The van der Waals surface area contributed by atoms with Crippen LogP contribution in [0.3, 0.4) is 0 Å². The number of carbonyl (C=O) groups excluding carboxylic acids is 1.